The summed E-state index contributed by atoms with van der Waals surface area (Å²) >= 11 is 0. The van der Waals surface area contributed by atoms with E-state index in [1.165, 1.54) is 10.6 Å². The van der Waals surface area contributed by atoms with Crippen molar-refractivity contribution in [2.45, 2.75) is 44.7 Å². The number of sulfonamides is 1. The maximum Gasteiger partial charge on any atom is 0.220 e. The van der Waals surface area contributed by atoms with Crippen LogP contribution in [0.5, 0.6) is 0 Å². The van der Waals surface area contributed by atoms with Gasteiger partial charge in [0.15, 0.2) is 0 Å². The highest BCUT2D eigenvalue weighted by Gasteiger charge is 2.25. The van der Waals surface area contributed by atoms with Gasteiger partial charge in [-0.2, -0.15) is 0 Å². The molecule has 0 spiro atoms. The highest BCUT2D eigenvalue weighted by atomic mass is 32.2. The molecule has 1 atom stereocenters. The molecule has 1 aliphatic heterocycles. The van der Waals surface area contributed by atoms with Crippen LogP contribution in [-0.2, 0) is 14.8 Å². The predicted molar refractivity (Wildman–Crippen MR) is 70.5 cm³/mol. The van der Waals surface area contributed by atoms with E-state index < -0.39 is 10.0 Å². The molecule has 0 aromatic carbocycles. The normalized spacial score (nSPS) is 20.6. The summed E-state index contributed by atoms with van der Waals surface area (Å²) in [5.41, 5.74) is 5.59. The summed E-state index contributed by atoms with van der Waals surface area (Å²) in [6.45, 7) is 2.84. The minimum absolute atomic E-state index is 0.00473. The molecule has 1 unspecified atom stereocenters. The number of carbonyl (C=O) groups is 1. The van der Waals surface area contributed by atoms with Gasteiger partial charge in [-0.15, -0.1) is 0 Å². The SMILES string of the molecule is CC(N)CCC(=O)NC1CCN(S(C)(=O)=O)CC1. The van der Waals surface area contributed by atoms with Gasteiger partial charge in [-0.25, -0.2) is 12.7 Å². The van der Waals surface area contributed by atoms with Crippen molar-refractivity contribution >= 4 is 15.9 Å². The molecule has 0 aromatic heterocycles. The standard InChI is InChI=1S/C11H23N3O3S/c1-9(12)3-4-11(15)13-10-5-7-14(8-6-10)18(2,16)17/h9-10H,3-8,12H2,1-2H3,(H,13,15). The van der Waals surface area contributed by atoms with Crippen molar-refractivity contribution in [2.24, 2.45) is 5.73 Å². The van der Waals surface area contributed by atoms with Crippen LogP contribution in [0.15, 0.2) is 0 Å². The van der Waals surface area contributed by atoms with Crippen LogP contribution >= 0.6 is 0 Å². The topological polar surface area (TPSA) is 92.5 Å². The third-order valence-electron chi connectivity index (χ3n) is 3.11. The van der Waals surface area contributed by atoms with Gasteiger partial charge in [0.25, 0.3) is 0 Å². The molecule has 1 aliphatic rings. The van der Waals surface area contributed by atoms with Gasteiger partial charge in [0.1, 0.15) is 0 Å². The zero-order valence-electron chi connectivity index (χ0n) is 11.1. The molecule has 7 heteroatoms. The number of rotatable bonds is 5. The van der Waals surface area contributed by atoms with Crippen LogP contribution in [0.1, 0.15) is 32.6 Å². The Labute approximate surface area is 109 Å². The molecule has 6 nitrogen and oxygen atoms in total. The molecule has 0 radical (unpaired) electrons. The van der Waals surface area contributed by atoms with Crippen LogP contribution in [0.3, 0.4) is 0 Å². The second-order valence-corrected chi connectivity index (χ2v) is 7.00. The van der Waals surface area contributed by atoms with E-state index in [1.54, 1.807) is 0 Å². The molecular weight excluding hydrogens is 254 g/mol. The lowest BCUT2D eigenvalue weighted by Crippen LogP contribution is -2.46. The Kier molecular flexibility index (Phi) is 5.55. The second-order valence-electron chi connectivity index (χ2n) is 5.02. The Morgan fingerprint density at radius 3 is 2.44 bits per heavy atom. The Bertz CT molecular complexity index is 373. The smallest absolute Gasteiger partial charge is 0.220 e. The monoisotopic (exact) mass is 277 g/mol. The number of carbonyl (C=O) groups excluding carboxylic acids is 1. The maximum atomic E-state index is 11.6. The Morgan fingerprint density at radius 1 is 1.44 bits per heavy atom. The average molecular weight is 277 g/mol. The molecule has 1 heterocycles. The molecule has 1 rings (SSSR count). The van der Waals surface area contributed by atoms with E-state index >= 15 is 0 Å². The third-order valence-corrected chi connectivity index (χ3v) is 4.42. The minimum atomic E-state index is -3.10. The van der Waals surface area contributed by atoms with E-state index in [9.17, 15) is 13.2 Å². The van der Waals surface area contributed by atoms with Gasteiger partial charge in [0.05, 0.1) is 6.26 Å². The summed E-state index contributed by atoms with van der Waals surface area (Å²) < 4.78 is 24.1. The second kappa shape index (κ2) is 6.49. The van der Waals surface area contributed by atoms with Crippen LogP contribution in [0, 0.1) is 0 Å². The number of hydrogen-bond acceptors (Lipinski definition) is 4. The van der Waals surface area contributed by atoms with Crippen LogP contribution in [0.4, 0.5) is 0 Å². The van der Waals surface area contributed by atoms with Crippen molar-refractivity contribution in [3.05, 3.63) is 0 Å². The van der Waals surface area contributed by atoms with Gasteiger partial charge in [0, 0.05) is 31.6 Å². The quantitative estimate of drug-likeness (QED) is 0.718. The lowest BCUT2D eigenvalue weighted by Gasteiger charge is -2.30. The molecule has 3 N–H and O–H groups in total. The summed E-state index contributed by atoms with van der Waals surface area (Å²) in [5, 5.41) is 2.93. The van der Waals surface area contributed by atoms with Crippen molar-refractivity contribution < 1.29 is 13.2 Å². The van der Waals surface area contributed by atoms with E-state index in [1.807, 2.05) is 6.92 Å². The zero-order valence-corrected chi connectivity index (χ0v) is 11.9. The van der Waals surface area contributed by atoms with Crippen LogP contribution < -0.4 is 11.1 Å². The molecular formula is C11H23N3O3S. The first-order valence-electron chi connectivity index (χ1n) is 6.29. The number of nitrogens with zero attached hydrogens (tertiary/aromatic N) is 1. The molecule has 1 amide bonds. The van der Waals surface area contributed by atoms with Crippen molar-refractivity contribution in [3.8, 4) is 0 Å². The number of amides is 1. The van der Waals surface area contributed by atoms with Gasteiger partial charge in [-0.3, -0.25) is 4.79 Å². The molecule has 1 fully saturated rings. The summed E-state index contributed by atoms with van der Waals surface area (Å²) in [4.78, 5) is 11.6. The first kappa shape index (κ1) is 15.4. The third kappa shape index (κ3) is 5.32. The Hall–Kier alpha value is -0.660. The number of nitrogens with one attached hydrogen (secondary N) is 1. The Morgan fingerprint density at radius 2 is 2.00 bits per heavy atom. The Balaban J connectivity index is 2.29. The first-order valence-corrected chi connectivity index (χ1v) is 8.14. The van der Waals surface area contributed by atoms with E-state index in [4.69, 9.17) is 5.73 Å². The van der Waals surface area contributed by atoms with E-state index in [-0.39, 0.29) is 18.0 Å². The lowest BCUT2D eigenvalue weighted by molar-refractivity contribution is -0.122. The highest BCUT2D eigenvalue weighted by Crippen LogP contribution is 2.13. The fourth-order valence-electron chi connectivity index (χ4n) is 1.99. The predicted octanol–water partition coefficient (Wildman–Crippen LogP) is -0.346. The number of nitrogens with two attached hydrogens (primary N) is 1. The minimum Gasteiger partial charge on any atom is -0.353 e. The largest absolute Gasteiger partial charge is 0.353 e. The van der Waals surface area contributed by atoms with E-state index in [2.05, 4.69) is 5.32 Å². The van der Waals surface area contributed by atoms with Gasteiger partial charge in [-0.1, -0.05) is 0 Å². The van der Waals surface area contributed by atoms with Gasteiger partial charge in [-0.05, 0) is 26.2 Å². The summed E-state index contributed by atoms with van der Waals surface area (Å²) in [7, 11) is -3.10. The fourth-order valence-corrected chi connectivity index (χ4v) is 2.86. The lowest BCUT2D eigenvalue weighted by atomic mass is 10.1. The molecule has 0 saturated carbocycles. The van der Waals surface area contributed by atoms with E-state index in [0.717, 1.165) is 0 Å². The van der Waals surface area contributed by atoms with Crippen molar-refractivity contribution in [1.82, 2.24) is 9.62 Å². The van der Waals surface area contributed by atoms with Crippen molar-refractivity contribution in [3.63, 3.8) is 0 Å². The van der Waals surface area contributed by atoms with Crippen molar-refractivity contribution in [1.29, 1.82) is 0 Å². The van der Waals surface area contributed by atoms with Crippen molar-refractivity contribution in [2.75, 3.05) is 19.3 Å². The molecule has 0 aromatic rings. The molecule has 0 bridgehead atoms. The van der Waals surface area contributed by atoms with Gasteiger partial charge >= 0.3 is 0 Å². The molecule has 0 aliphatic carbocycles. The van der Waals surface area contributed by atoms with Crippen LogP contribution in [0.25, 0.3) is 0 Å². The fraction of sp³-hybridized carbons (Fsp3) is 0.909. The first-order chi connectivity index (χ1) is 8.29. The molecule has 1 saturated heterocycles. The summed E-state index contributed by atoms with van der Waals surface area (Å²) in [5.74, 6) is 0.00473. The van der Waals surface area contributed by atoms with E-state index in [0.29, 0.717) is 38.8 Å². The average Bonchev–Trinajstić information content (AvgIpc) is 2.26. The van der Waals surface area contributed by atoms with Crippen LogP contribution in [0.2, 0.25) is 0 Å². The van der Waals surface area contributed by atoms with Gasteiger partial charge in [0.2, 0.25) is 15.9 Å². The molecule has 106 valence electrons. The maximum absolute atomic E-state index is 11.6. The van der Waals surface area contributed by atoms with Gasteiger partial charge < -0.3 is 11.1 Å². The zero-order chi connectivity index (χ0) is 13.8. The molecule has 18 heavy (non-hydrogen) atoms. The summed E-state index contributed by atoms with van der Waals surface area (Å²) in [6.07, 6.45) is 3.68. The number of piperidine rings is 1. The number of hydrogen-bond donors (Lipinski definition) is 2. The highest BCUT2D eigenvalue weighted by molar-refractivity contribution is 7.88. The summed E-state index contributed by atoms with van der Waals surface area (Å²) in [6, 6.07) is 0.117. The van der Waals surface area contributed by atoms with Crippen LogP contribution in [-0.4, -0.2) is 50.1 Å².